The van der Waals surface area contributed by atoms with Crippen LogP contribution in [0.3, 0.4) is 0 Å². The highest BCUT2D eigenvalue weighted by atomic mass is 19.1. The lowest BCUT2D eigenvalue weighted by Gasteiger charge is -2.08. The summed E-state index contributed by atoms with van der Waals surface area (Å²) in [7, 11) is 0. The van der Waals surface area contributed by atoms with Crippen LogP contribution in [-0.4, -0.2) is 16.5 Å². The fraction of sp³-hybridized carbons (Fsp3) is 0.385. The van der Waals surface area contributed by atoms with E-state index in [2.05, 4.69) is 15.3 Å². The molecule has 0 fully saturated rings. The predicted octanol–water partition coefficient (Wildman–Crippen LogP) is 3.31. The van der Waals surface area contributed by atoms with E-state index in [1.165, 1.54) is 0 Å². The van der Waals surface area contributed by atoms with E-state index in [-0.39, 0.29) is 5.82 Å². The quantitative estimate of drug-likeness (QED) is 0.903. The second kappa shape index (κ2) is 5.16. The molecule has 0 aliphatic carbocycles. The molecule has 2 rings (SSSR count). The van der Waals surface area contributed by atoms with Gasteiger partial charge in [-0.05, 0) is 31.9 Å². The molecule has 1 N–H and O–H groups in total. The maximum absolute atomic E-state index is 13.8. The molecule has 0 aromatic carbocycles. The van der Waals surface area contributed by atoms with Crippen LogP contribution in [0.15, 0.2) is 16.7 Å². The molecule has 0 saturated heterocycles. The maximum atomic E-state index is 13.8. The number of furan rings is 1. The first-order chi connectivity index (χ1) is 8.63. The van der Waals surface area contributed by atoms with Gasteiger partial charge in [0.25, 0.3) is 0 Å². The third-order valence-corrected chi connectivity index (χ3v) is 2.62. The van der Waals surface area contributed by atoms with Crippen LogP contribution in [0.25, 0.3) is 11.6 Å². The second-order valence-corrected chi connectivity index (χ2v) is 4.15. The van der Waals surface area contributed by atoms with E-state index < -0.39 is 5.82 Å². The summed E-state index contributed by atoms with van der Waals surface area (Å²) in [5.74, 6) is 0.819. The van der Waals surface area contributed by atoms with Crippen molar-refractivity contribution < 1.29 is 8.81 Å². The van der Waals surface area contributed by atoms with Crippen LogP contribution in [0.2, 0.25) is 0 Å². The summed E-state index contributed by atoms with van der Waals surface area (Å²) in [5.41, 5.74) is 1.25. The van der Waals surface area contributed by atoms with E-state index >= 15 is 0 Å². The molecule has 2 heterocycles. The summed E-state index contributed by atoms with van der Waals surface area (Å²) in [6.45, 7) is 6.20. The fourth-order valence-corrected chi connectivity index (χ4v) is 1.62. The van der Waals surface area contributed by atoms with Gasteiger partial charge in [0.2, 0.25) is 0 Å². The van der Waals surface area contributed by atoms with Crippen LogP contribution in [0, 0.1) is 19.7 Å². The first-order valence-corrected chi connectivity index (χ1v) is 5.96. The van der Waals surface area contributed by atoms with Crippen molar-refractivity contribution in [1.29, 1.82) is 0 Å². The van der Waals surface area contributed by atoms with Crippen LogP contribution >= 0.6 is 0 Å². The van der Waals surface area contributed by atoms with Crippen molar-refractivity contribution in [3.05, 3.63) is 29.4 Å². The molecular formula is C13H16FN3O. The second-order valence-electron chi connectivity index (χ2n) is 4.15. The minimum absolute atomic E-state index is 0.232. The Hall–Kier alpha value is -1.91. The van der Waals surface area contributed by atoms with Gasteiger partial charge in [0.15, 0.2) is 23.2 Å². The van der Waals surface area contributed by atoms with Crippen molar-refractivity contribution in [2.75, 3.05) is 11.9 Å². The number of halogens is 1. The summed E-state index contributed by atoms with van der Waals surface area (Å²) >= 11 is 0. The zero-order chi connectivity index (χ0) is 13.1. The smallest absolute Gasteiger partial charge is 0.198 e. The Morgan fingerprint density at radius 2 is 2.11 bits per heavy atom. The third-order valence-electron chi connectivity index (χ3n) is 2.62. The number of rotatable bonds is 4. The van der Waals surface area contributed by atoms with Crippen LogP contribution in [0.5, 0.6) is 0 Å². The van der Waals surface area contributed by atoms with Crippen molar-refractivity contribution in [2.45, 2.75) is 27.2 Å². The van der Waals surface area contributed by atoms with E-state index in [0.29, 0.717) is 23.8 Å². The lowest BCUT2D eigenvalue weighted by atomic mass is 10.2. The minimum Gasteiger partial charge on any atom is -0.461 e. The van der Waals surface area contributed by atoms with E-state index in [0.717, 1.165) is 12.0 Å². The molecule has 0 unspecified atom stereocenters. The van der Waals surface area contributed by atoms with Gasteiger partial charge < -0.3 is 9.73 Å². The standard InChI is InChI=1S/C13H16FN3O/c1-4-6-15-12-10(14)9(3)16-13(17-12)11-8(2)5-7-18-11/h5,7H,4,6H2,1-3H3,(H,15,16,17). The monoisotopic (exact) mass is 249 g/mol. The molecule has 4 nitrogen and oxygen atoms in total. The van der Waals surface area contributed by atoms with Gasteiger partial charge in [0, 0.05) is 6.54 Å². The molecule has 0 amide bonds. The number of anilines is 1. The first kappa shape index (κ1) is 12.5. The Morgan fingerprint density at radius 1 is 1.33 bits per heavy atom. The van der Waals surface area contributed by atoms with Gasteiger partial charge in [-0.15, -0.1) is 0 Å². The predicted molar refractivity (Wildman–Crippen MR) is 67.9 cm³/mol. The molecule has 0 saturated carbocycles. The number of aromatic nitrogens is 2. The Labute approximate surface area is 105 Å². The molecule has 0 spiro atoms. The molecule has 0 aliphatic rings. The lowest BCUT2D eigenvalue weighted by molar-refractivity contribution is 0.570. The van der Waals surface area contributed by atoms with Crippen LogP contribution in [0.1, 0.15) is 24.6 Å². The van der Waals surface area contributed by atoms with Gasteiger partial charge in [-0.2, -0.15) is 0 Å². The van der Waals surface area contributed by atoms with Crippen molar-refractivity contribution in [2.24, 2.45) is 0 Å². The highest BCUT2D eigenvalue weighted by Crippen LogP contribution is 2.24. The first-order valence-electron chi connectivity index (χ1n) is 5.96. The van der Waals surface area contributed by atoms with Gasteiger partial charge in [-0.3, -0.25) is 0 Å². The van der Waals surface area contributed by atoms with Gasteiger partial charge in [-0.25, -0.2) is 14.4 Å². The molecule has 96 valence electrons. The van der Waals surface area contributed by atoms with Gasteiger partial charge in [-0.1, -0.05) is 6.92 Å². The molecule has 0 atom stereocenters. The highest BCUT2D eigenvalue weighted by Gasteiger charge is 2.15. The van der Waals surface area contributed by atoms with Gasteiger partial charge >= 0.3 is 0 Å². The van der Waals surface area contributed by atoms with Crippen molar-refractivity contribution in [1.82, 2.24) is 9.97 Å². The van der Waals surface area contributed by atoms with Crippen molar-refractivity contribution >= 4 is 5.82 Å². The number of nitrogens with zero attached hydrogens (tertiary/aromatic N) is 2. The molecule has 5 heteroatoms. The number of hydrogen-bond donors (Lipinski definition) is 1. The van der Waals surface area contributed by atoms with Gasteiger partial charge in [0.05, 0.1) is 12.0 Å². The Balaban J connectivity index is 2.44. The maximum Gasteiger partial charge on any atom is 0.198 e. The molecule has 18 heavy (non-hydrogen) atoms. The number of nitrogens with one attached hydrogen (secondary N) is 1. The Kier molecular flexibility index (Phi) is 3.60. The minimum atomic E-state index is -0.406. The summed E-state index contributed by atoms with van der Waals surface area (Å²) in [4.78, 5) is 8.31. The van der Waals surface area contributed by atoms with E-state index in [1.54, 1.807) is 13.2 Å². The van der Waals surface area contributed by atoms with Crippen LogP contribution < -0.4 is 5.32 Å². The Bertz CT molecular complexity index is 551. The van der Waals surface area contributed by atoms with Crippen molar-refractivity contribution in [3.63, 3.8) is 0 Å². The fourth-order valence-electron chi connectivity index (χ4n) is 1.62. The van der Waals surface area contributed by atoms with Gasteiger partial charge in [0.1, 0.15) is 0 Å². The van der Waals surface area contributed by atoms with E-state index in [1.807, 2.05) is 19.9 Å². The molecule has 0 radical (unpaired) electrons. The van der Waals surface area contributed by atoms with E-state index in [9.17, 15) is 4.39 Å². The molecule has 2 aromatic rings. The average Bonchev–Trinajstić information content (AvgIpc) is 2.77. The summed E-state index contributed by atoms with van der Waals surface area (Å²) in [6.07, 6.45) is 2.48. The zero-order valence-corrected chi connectivity index (χ0v) is 10.7. The zero-order valence-electron chi connectivity index (χ0n) is 10.7. The largest absolute Gasteiger partial charge is 0.461 e. The van der Waals surface area contributed by atoms with Crippen molar-refractivity contribution in [3.8, 4) is 11.6 Å². The SMILES string of the molecule is CCCNc1nc(-c2occc2C)nc(C)c1F. The normalized spacial score (nSPS) is 10.7. The Morgan fingerprint density at radius 3 is 2.72 bits per heavy atom. The summed E-state index contributed by atoms with van der Waals surface area (Å²) in [6, 6.07) is 1.83. The number of hydrogen-bond acceptors (Lipinski definition) is 4. The molecule has 0 aliphatic heterocycles. The van der Waals surface area contributed by atoms with Crippen LogP contribution in [0.4, 0.5) is 10.2 Å². The summed E-state index contributed by atoms with van der Waals surface area (Å²) in [5, 5.41) is 2.96. The molecular weight excluding hydrogens is 233 g/mol. The number of aryl methyl sites for hydroxylation is 2. The average molecular weight is 249 g/mol. The lowest BCUT2D eigenvalue weighted by Crippen LogP contribution is -2.08. The van der Waals surface area contributed by atoms with E-state index in [4.69, 9.17) is 4.42 Å². The third kappa shape index (κ3) is 2.34. The topological polar surface area (TPSA) is 51.0 Å². The van der Waals surface area contributed by atoms with Crippen LogP contribution in [-0.2, 0) is 0 Å². The molecule has 0 bridgehead atoms. The molecule has 2 aromatic heterocycles. The highest BCUT2D eigenvalue weighted by molar-refractivity contribution is 5.55. The summed E-state index contributed by atoms with van der Waals surface area (Å²) < 4.78 is 19.2.